The van der Waals surface area contributed by atoms with Gasteiger partial charge in [0.1, 0.15) is 6.17 Å². The molecule has 1 aliphatic heterocycles. The molecule has 1 fully saturated rings. The zero-order chi connectivity index (χ0) is 19.9. The maximum atomic E-state index is 12.7. The van der Waals surface area contributed by atoms with E-state index in [0.29, 0.717) is 13.1 Å². The van der Waals surface area contributed by atoms with Gasteiger partial charge in [-0.2, -0.15) is 0 Å². The second kappa shape index (κ2) is 9.34. The van der Waals surface area contributed by atoms with E-state index in [1.807, 2.05) is 72.5 Å². The highest BCUT2D eigenvalue weighted by Crippen LogP contribution is 2.22. The molecule has 2 aromatic carbocycles. The average Bonchev–Trinajstić information content (AvgIpc) is 2.74. The van der Waals surface area contributed by atoms with Crippen LogP contribution in [0.25, 0.3) is 0 Å². The summed E-state index contributed by atoms with van der Waals surface area (Å²) >= 11 is 0. The molecule has 1 saturated heterocycles. The SMILES string of the molecule is CNN(C(=O)NCc1ccccc1)[C@H]1CN([C@H](C)c2ccccc2)C(=O)CN1. The monoisotopic (exact) mass is 381 g/mol. The van der Waals surface area contributed by atoms with Crippen molar-refractivity contribution >= 4 is 11.9 Å². The lowest BCUT2D eigenvalue weighted by atomic mass is 10.1. The first-order chi connectivity index (χ1) is 13.6. The number of nitrogens with one attached hydrogen (secondary N) is 3. The number of nitrogens with zero attached hydrogens (tertiary/aromatic N) is 2. The molecular weight excluding hydrogens is 354 g/mol. The highest BCUT2D eigenvalue weighted by atomic mass is 16.2. The molecule has 0 radical (unpaired) electrons. The zero-order valence-electron chi connectivity index (χ0n) is 16.3. The fourth-order valence-corrected chi connectivity index (χ4v) is 3.38. The normalized spacial score (nSPS) is 17.9. The lowest BCUT2D eigenvalue weighted by Crippen LogP contribution is -2.66. The Hall–Kier alpha value is -2.90. The lowest BCUT2D eigenvalue weighted by Gasteiger charge is -2.41. The third kappa shape index (κ3) is 4.68. The molecule has 3 rings (SSSR count). The number of carbonyl (C=O) groups excluding carboxylic acids is 2. The molecule has 1 heterocycles. The van der Waals surface area contributed by atoms with Gasteiger partial charge in [-0.05, 0) is 18.1 Å². The lowest BCUT2D eigenvalue weighted by molar-refractivity contribution is -0.137. The van der Waals surface area contributed by atoms with Crippen molar-refractivity contribution in [2.75, 3.05) is 20.1 Å². The minimum atomic E-state index is -0.329. The first kappa shape index (κ1) is 19.9. The van der Waals surface area contributed by atoms with Crippen molar-refractivity contribution in [1.82, 2.24) is 26.0 Å². The van der Waals surface area contributed by atoms with Gasteiger partial charge in [0.2, 0.25) is 5.91 Å². The van der Waals surface area contributed by atoms with Crippen LogP contribution in [0.4, 0.5) is 4.79 Å². The van der Waals surface area contributed by atoms with Crippen molar-refractivity contribution in [3.63, 3.8) is 0 Å². The summed E-state index contributed by atoms with van der Waals surface area (Å²) in [6.45, 7) is 3.03. The van der Waals surface area contributed by atoms with Crippen LogP contribution >= 0.6 is 0 Å². The van der Waals surface area contributed by atoms with Gasteiger partial charge in [0.15, 0.2) is 0 Å². The van der Waals surface area contributed by atoms with Crippen molar-refractivity contribution < 1.29 is 9.59 Å². The van der Waals surface area contributed by atoms with E-state index in [0.717, 1.165) is 11.1 Å². The second-order valence-electron chi connectivity index (χ2n) is 6.77. The van der Waals surface area contributed by atoms with E-state index in [2.05, 4.69) is 16.1 Å². The molecule has 0 aliphatic carbocycles. The molecule has 0 spiro atoms. The first-order valence-corrected chi connectivity index (χ1v) is 9.46. The van der Waals surface area contributed by atoms with Gasteiger partial charge in [-0.3, -0.25) is 10.1 Å². The minimum absolute atomic E-state index is 0.0216. The Bertz CT molecular complexity index is 784. The van der Waals surface area contributed by atoms with Gasteiger partial charge in [-0.1, -0.05) is 60.7 Å². The fraction of sp³-hybridized carbons (Fsp3) is 0.333. The molecule has 2 atom stereocenters. The summed E-state index contributed by atoms with van der Waals surface area (Å²) in [5, 5.41) is 7.56. The van der Waals surface area contributed by atoms with E-state index in [1.54, 1.807) is 7.05 Å². The summed E-state index contributed by atoms with van der Waals surface area (Å²) in [6, 6.07) is 19.3. The number of amides is 3. The van der Waals surface area contributed by atoms with Crippen LogP contribution in [0.2, 0.25) is 0 Å². The van der Waals surface area contributed by atoms with Crippen LogP contribution in [0.15, 0.2) is 60.7 Å². The smallest absolute Gasteiger partial charge is 0.333 e. The molecular formula is C21H27N5O2. The van der Waals surface area contributed by atoms with Crippen LogP contribution < -0.4 is 16.1 Å². The summed E-state index contributed by atoms with van der Waals surface area (Å²) in [7, 11) is 1.70. The second-order valence-corrected chi connectivity index (χ2v) is 6.77. The quantitative estimate of drug-likeness (QED) is 0.668. The molecule has 148 valence electrons. The number of hydrogen-bond donors (Lipinski definition) is 3. The third-order valence-electron chi connectivity index (χ3n) is 4.99. The zero-order valence-corrected chi connectivity index (χ0v) is 16.3. The van der Waals surface area contributed by atoms with Crippen LogP contribution in [0.3, 0.4) is 0 Å². The molecule has 0 saturated carbocycles. The van der Waals surface area contributed by atoms with Crippen LogP contribution in [0.5, 0.6) is 0 Å². The predicted molar refractivity (Wildman–Crippen MR) is 108 cm³/mol. The van der Waals surface area contributed by atoms with E-state index in [-0.39, 0.29) is 30.7 Å². The molecule has 7 nitrogen and oxygen atoms in total. The molecule has 28 heavy (non-hydrogen) atoms. The molecule has 0 bridgehead atoms. The average molecular weight is 381 g/mol. The van der Waals surface area contributed by atoms with Crippen molar-refractivity contribution in [3.8, 4) is 0 Å². The van der Waals surface area contributed by atoms with E-state index >= 15 is 0 Å². The van der Waals surface area contributed by atoms with Crippen molar-refractivity contribution in [3.05, 3.63) is 71.8 Å². The number of hydrazine groups is 1. The summed E-state index contributed by atoms with van der Waals surface area (Å²) in [5.41, 5.74) is 5.04. The van der Waals surface area contributed by atoms with Gasteiger partial charge in [-0.15, -0.1) is 0 Å². The number of hydrogen-bond acceptors (Lipinski definition) is 4. The Morgan fingerprint density at radius 1 is 1.18 bits per heavy atom. The highest BCUT2D eigenvalue weighted by molar-refractivity contribution is 5.80. The van der Waals surface area contributed by atoms with Crippen molar-refractivity contribution in [1.29, 1.82) is 0 Å². The molecule has 0 unspecified atom stereocenters. The Morgan fingerprint density at radius 3 is 2.46 bits per heavy atom. The van der Waals surface area contributed by atoms with Gasteiger partial charge < -0.3 is 10.2 Å². The van der Waals surface area contributed by atoms with Crippen LogP contribution in [0.1, 0.15) is 24.1 Å². The van der Waals surface area contributed by atoms with Crippen LogP contribution in [0, 0.1) is 0 Å². The molecule has 1 aliphatic rings. The summed E-state index contributed by atoms with van der Waals surface area (Å²) in [5.74, 6) is 0.0216. The Labute approximate surface area is 165 Å². The standard InChI is InChI=1S/C21H27N5O2/c1-16(18-11-7-4-8-12-18)25-15-19(23-14-20(25)27)26(22-2)21(28)24-13-17-9-5-3-6-10-17/h3-12,16,19,22-23H,13-15H2,1-2H3,(H,24,28)/t16-,19+/m1/s1. The molecule has 3 N–H and O–H groups in total. The summed E-state index contributed by atoms with van der Waals surface area (Å²) < 4.78 is 0. The Kier molecular flexibility index (Phi) is 6.62. The summed E-state index contributed by atoms with van der Waals surface area (Å²) in [6.07, 6.45) is -0.329. The minimum Gasteiger partial charge on any atom is -0.333 e. The van der Waals surface area contributed by atoms with E-state index in [4.69, 9.17) is 0 Å². The number of benzene rings is 2. The van der Waals surface area contributed by atoms with Gasteiger partial charge in [0.25, 0.3) is 0 Å². The Balaban J connectivity index is 1.65. The topological polar surface area (TPSA) is 76.7 Å². The van der Waals surface area contributed by atoms with Crippen LogP contribution in [-0.2, 0) is 11.3 Å². The number of urea groups is 1. The van der Waals surface area contributed by atoms with Gasteiger partial charge >= 0.3 is 6.03 Å². The maximum Gasteiger partial charge on any atom is 0.333 e. The molecule has 3 amide bonds. The predicted octanol–water partition coefficient (Wildman–Crippen LogP) is 1.85. The molecule has 7 heteroatoms. The summed E-state index contributed by atoms with van der Waals surface area (Å²) in [4.78, 5) is 27.0. The first-order valence-electron chi connectivity index (χ1n) is 9.46. The van der Waals surface area contributed by atoms with E-state index < -0.39 is 0 Å². The number of rotatable bonds is 6. The number of piperazine rings is 1. The Morgan fingerprint density at radius 2 is 1.82 bits per heavy atom. The highest BCUT2D eigenvalue weighted by Gasteiger charge is 2.34. The largest absolute Gasteiger partial charge is 0.333 e. The van der Waals surface area contributed by atoms with Gasteiger partial charge in [-0.25, -0.2) is 15.2 Å². The number of carbonyl (C=O) groups is 2. The maximum absolute atomic E-state index is 12.7. The van der Waals surface area contributed by atoms with Crippen molar-refractivity contribution in [2.45, 2.75) is 25.7 Å². The van der Waals surface area contributed by atoms with E-state index in [1.165, 1.54) is 5.01 Å². The van der Waals surface area contributed by atoms with Gasteiger partial charge in [0, 0.05) is 13.6 Å². The third-order valence-corrected chi connectivity index (χ3v) is 4.99. The van der Waals surface area contributed by atoms with E-state index in [9.17, 15) is 9.59 Å². The van der Waals surface area contributed by atoms with Crippen LogP contribution in [-0.4, -0.2) is 48.2 Å². The fourth-order valence-electron chi connectivity index (χ4n) is 3.38. The molecule has 0 aromatic heterocycles. The van der Waals surface area contributed by atoms with Crippen molar-refractivity contribution in [2.24, 2.45) is 0 Å². The molecule has 2 aromatic rings. The van der Waals surface area contributed by atoms with Gasteiger partial charge in [0.05, 0.1) is 19.1 Å².